The summed E-state index contributed by atoms with van der Waals surface area (Å²) in [5, 5.41) is 6.30. The van der Waals surface area contributed by atoms with Crippen LogP contribution in [0.1, 0.15) is 49.2 Å². The molecule has 0 aromatic carbocycles. The van der Waals surface area contributed by atoms with Gasteiger partial charge in [-0.1, -0.05) is 13.3 Å². The maximum atomic E-state index is 12.3. The van der Waals surface area contributed by atoms with Gasteiger partial charge in [0, 0.05) is 23.8 Å². The lowest BCUT2D eigenvalue weighted by Gasteiger charge is -2.17. The molecule has 104 valence electrons. The van der Waals surface area contributed by atoms with Gasteiger partial charge in [0.15, 0.2) is 0 Å². The number of aromatic nitrogens is 1. The lowest BCUT2D eigenvalue weighted by molar-refractivity contribution is 0.0929. The minimum absolute atomic E-state index is 0.0170. The maximum Gasteiger partial charge on any atom is 0.251 e. The molecule has 1 amide bonds. The maximum absolute atomic E-state index is 12.3. The molecule has 2 atom stereocenters. The lowest BCUT2D eigenvalue weighted by atomic mass is 10.1. The minimum atomic E-state index is 0.0170. The van der Waals surface area contributed by atoms with Crippen LogP contribution < -0.4 is 10.6 Å². The summed E-state index contributed by atoms with van der Waals surface area (Å²) in [4.78, 5) is 16.6. The van der Waals surface area contributed by atoms with E-state index in [1.54, 1.807) is 0 Å². The number of nitrogens with one attached hydrogen (secondary N) is 2. The highest BCUT2D eigenvalue weighted by atomic mass is 16.1. The van der Waals surface area contributed by atoms with Crippen molar-refractivity contribution in [1.29, 1.82) is 0 Å². The summed E-state index contributed by atoms with van der Waals surface area (Å²) in [5.41, 5.74) is 1.56. The molecule has 2 unspecified atom stereocenters. The van der Waals surface area contributed by atoms with Gasteiger partial charge in [-0.2, -0.15) is 0 Å². The quantitative estimate of drug-likeness (QED) is 0.876. The molecule has 2 rings (SSSR count). The Labute approximate surface area is 115 Å². The molecule has 1 aromatic rings. The minimum Gasteiger partial charge on any atom is -0.370 e. The first kappa shape index (κ1) is 13.8. The van der Waals surface area contributed by atoms with Crippen molar-refractivity contribution in [3.05, 3.63) is 23.4 Å². The number of hydrogen-bond acceptors (Lipinski definition) is 3. The topological polar surface area (TPSA) is 54.0 Å². The average molecular weight is 261 g/mol. The molecule has 2 N–H and O–H groups in total. The average Bonchev–Trinajstić information content (AvgIpc) is 2.75. The largest absolute Gasteiger partial charge is 0.370 e. The van der Waals surface area contributed by atoms with Crippen LogP contribution in [0.4, 0.5) is 5.82 Å². The van der Waals surface area contributed by atoms with Crippen LogP contribution >= 0.6 is 0 Å². The lowest BCUT2D eigenvalue weighted by Crippen LogP contribution is -2.36. The fourth-order valence-corrected chi connectivity index (χ4v) is 2.68. The van der Waals surface area contributed by atoms with Crippen LogP contribution in [-0.4, -0.2) is 23.5 Å². The zero-order chi connectivity index (χ0) is 13.8. The number of amides is 1. The predicted molar refractivity (Wildman–Crippen MR) is 77.4 cm³/mol. The number of anilines is 1. The summed E-state index contributed by atoms with van der Waals surface area (Å²) >= 11 is 0. The number of nitrogens with zero attached hydrogens (tertiary/aromatic N) is 1. The first-order valence-corrected chi connectivity index (χ1v) is 7.13. The van der Waals surface area contributed by atoms with Crippen molar-refractivity contribution in [2.24, 2.45) is 5.92 Å². The summed E-state index contributed by atoms with van der Waals surface area (Å²) in [6.45, 7) is 6.94. The Balaban J connectivity index is 2.09. The molecule has 0 aliphatic heterocycles. The van der Waals surface area contributed by atoms with Crippen molar-refractivity contribution < 1.29 is 4.79 Å². The van der Waals surface area contributed by atoms with Crippen molar-refractivity contribution in [2.45, 2.75) is 46.1 Å². The molecule has 1 heterocycles. The van der Waals surface area contributed by atoms with Gasteiger partial charge < -0.3 is 10.6 Å². The summed E-state index contributed by atoms with van der Waals surface area (Å²) in [7, 11) is 0. The molecular weight excluding hydrogens is 238 g/mol. The molecule has 19 heavy (non-hydrogen) atoms. The van der Waals surface area contributed by atoms with E-state index in [4.69, 9.17) is 0 Å². The second-order valence-corrected chi connectivity index (χ2v) is 5.40. The Hall–Kier alpha value is -1.58. The first-order chi connectivity index (χ1) is 9.10. The molecule has 1 aromatic heterocycles. The Kier molecular flexibility index (Phi) is 4.40. The Morgan fingerprint density at radius 1 is 1.42 bits per heavy atom. The second kappa shape index (κ2) is 6.04. The summed E-state index contributed by atoms with van der Waals surface area (Å²) in [6, 6.07) is 3.99. The van der Waals surface area contributed by atoms with Crippen LogP contribution in [-0.2, 0) is 0 Å². The van der Waals surface area contributed by atoms with Gasteiger partial charge in [-0.05, 0) is 44.7 Å². The molecule has 0 saturated heterocycles. The van der Waals surface area contributed by atoms with E-state index in [-0.39, 0.29) is 5.91 Å². The third-order valence-corrected chi connectivity index (χ3v) is 3.75. The summed E-state index contributed by atoms with van der Waals surface area (Å²) in [5.74, 6) is 1.37. The standard InChI is InChI=1S/C15H23N3O/c1-4-16-14-9-12(8-11(3)17-14)15(19)18-13-7-5-6-10(13)2/h8-10,13H,4-7H2,1-3H3,(H,16,17)(H,18,19). The van der Waals surface area contributed by atoms with E-state index in [0.29, 0.717) is 17.5 Å². The summed E-state index contributed by atoms with van der Waals surface area (Å²) in [6.07, 6.45) is 3.52. The fraction of sp³-hybridized carbons (Fsp3) is 0.600. The second-order valence-electron chi connectivity index (χ2n) is 5.40. The monoisotopic (exact) mass is 261 g/mol. The van der Waals surface area contributed by atoms with E-state index in [0.717, 1.165) is 24.5 Å². The van der Waals surface area contributed by atoms with E-state index in [1.165, 1.54) is 12.8 Å². The zero-order valence-corrected chi connectivity index (χ0v) is 12.0. The van der Waals surface area contributed by atoms with Crippen LogP contribution in [0, 0.1) is 12.8 Å². The van der Waals surface area contributed by atoms with E-state index >= 15 is 0 Å². The van der Waals surface area contributed by atoms with Crippen LogP contribution in [0.5, 0.6) is 0 Å². The Bertz CT molecular complexity index is 459. The number of carbonyl (C=O) groups excluding carboxylic acids is 1. The van der Waals surface area contributed by atoms with Crippen molar-refractivity contribution in [2.75, 3.05) is 11.9 Å². The van der Waals surface area contributed by atoms with Gasteiger partial charge >= 0.3 is 0 Å². The Morgan fingerprint density at radius 3 is 2.84 bits per heavy atom. The molecule has 0 radical (unpaired) electrons. The number of pyridine rings is 1. The SMILES string of the molecule is CCNc1cc(C(=O)NC2CCCC2C)cc(C)n1. The molecule has 0 spiro atoms. The molecule has 1 fully saturated rings. The number of hydrogen-bond donors (Lipinski definition) is 2. The molecule has 4 nitrogen and oxygen atoms in total. The molecular formula is C15H23N3O. The summed E-state index contributed by atoms with van der Waals surface area (Å²) < 4.78 is 0. The van der Waals surface area contributed by atoms with Gasteiger partial charge in [-0.15, -0.1) is 0 Å². The van der Waals surface area contributed by atoms with Gasteiger partial charge in [0.2, 0.25) is 0 Å². The third kappa shape index (κ3) is 3.46. The van der Waals surface area contributed by atoms with Crippen LogP contribution in [0.15, 0.2) is 12.1 Å². The van der Waals surface area contributed by atoms with Crippen molar-refractivity contribution in [3.8, 4) is 0 Å². The van der Waals surface area contributed by atoms with E-state index in [9.17, 15) is 4.79 Å². The van der Waals surface area contributed by atoms with Gasteiger partial charge in [0.25, 0.3) is 5.91 Å². The number of aryl methyl sites for hydroxylation is 1. The highest BCUT2D eigenvalue weighted by Gasteiger charge is 2.25. The predicted octanol–water partition coefficient (Wildman–Crippen LogP) is 2.74. The molecule has 1 aliphatic rings. The normalized spacial score (nSPS) is 22.3. The van der Waals surface area contributed by atoms with Gasteiger partial charge in [0.05, 0.1) is 0 Å². The number of carbonyl (C=O) groups is 1. The van der Waals surface area contributed by atoms with Gasteiger partial charge in [-0.3, -0.25) is 4.79 Å². The third-order valence-electron chi connectivity index (χ3n) is 3.75. The van der Waals surface area contributed by atoms with Crippen molar-refractivity contribution in [3.63, 3.8) is 0 Å². The van der Waals surface area contributed by atoms with Crippen molar-refractivity contribution in [1.82, 2.24) is 10.3 Å². The van der Waals surface area contributed by atoms with Crippen LogP contribution in [0.3, 0.4) is 0 Å². The highest BCUT2D eigenvalue weighted by Crippen LogP contribution is 2.25. The highest BCUT2D eigenvalue weighted by molar-refractivity contribution is 5.95. The van der Waals surface area contributed by atoms with E-state index in [1.807, 2.05) is 26.0 Å². The van der Waals surface area contributed by atoms with Crippen LogP contribution in [0.2, 0.25) is 0 Å². The fourth-order valence-electron chi connectivity index (χ4n) is 2.68. The first-order valence-electron chi connectivity index (χ1n) is 7.13. The van der Waals surface area contributed by atoms with E-state index in [2.05, 4.69) is 22.5 Å². The van der Waals surface area contributed by atoms with Gasteiger partial charge in [-0.25, -0.2) is 4.98 Å². The number of rotatable bonds is 4. The Morgan fingerprint density at radius 2 is 2.21 bits per heavy atom. The molecule has 1 aliphatic carbocycles. The van der Waals surface area contributed by atoms with Crippen LogP contribution in [0.25, 0.3) is 0 Å². The van der Waals surface area contributed by atoms with Crippen molar-refractivity contribution >= 4 is 11.7 Å². The van der Waals surface area contributed by atoms with Gasteiger partial charge in [0.1, 0.15) is 5.82 Å². The molecule has 1 saturated carbocycles. The van der Waals surface area contributed by atoms with E-state index < -0.39 is 0 Å². The molecule has 0 bridgehead atoms. The smallest absolute Gasteiger partial charge is 0.251 e. The zero-order valence-electron chi connectivity index (χ0n) is 12.0. The molecule has 4 heteroatoms.